The summed E-state index contributed by atoms with van der Waals surface area (Å²) in [5, 5.41) is 2.61. The van der Waals surface area contributed by atoms with Crippen molar-refractivity contribution in [1.29, 1.82) is 0 Å². The average Bonchev–Trinajstić information content (AvgIpc) is 2.45. The molecule has 0 saturated heterocycles. The van der Waals surface area contributed by atoms with E-state index in [1.165, 1.54) is 18.2 Å². The topological polar surface area (TPSA) is 73.6 Å². The lowest BCUT2D eigenvalue weighted by Crippen LogP contribution is -2.16. The van der Waals surface area contributed by atoms with Crippen molar-refractivity contribution >= 4 is 17.3 Å². The molecule has 6 heteroatoms. The highest BCUT2D eigenvalue weighted by atomic mass is 19.1. The number of carbonyl (C=O) groups excluding carboxylic acids is 1. The van der Waals surface area contributed by atoms with Gasteiger partial charge in [0.25, 0.3) is 0 Å². The Morgan fingerprint density at radius 1 is 1.24 bits per heavy atom. The standard InChI is InChI=1S/C15H23FN2O3/c1-2-3-7-20-9-10-21-8-6-15(19)18-14-5-4-12(16)11-13(14)17/h4-5,11H,2-3,6-10,17H2,1H3,(H,18,19). The minimum absolute atomic E-state index is 0.202. The molecule has 0 saturated carbocycles. The first-order valence-corrected chi connectivity index (χ1v) is 7.14. The number of halogens is 1. The van der Waals surface area contributed by atoms with Crippen LogP contribution in [0.3, 0.4) is 0 Å². The second-order valence-electron chi connectivity index (χ2n) is 4.61. The normalized spacial score (nSPS) is 10.6. The van der Waals surface area contributed by atoms with Crippen LogP contribution in [0.5, 0.6) is 0 Å². The number of nitrogens with two attached hydrogens (primary N) is 1. The van der Waals surface area contributed by atoms with Gasteiger partial charge in [0.2, 0.25) is 5.91 Å². The number of carbonyl (C=O) groups is 1. The van der Waals surface area contributed by atoms with Crippen LogP contribution in [-0.4, -0.2) is 32.3 Å². The van der Waals surface area contributed by atoms with Crippen LogP contribution in [0.2, 0.25) is 0 Å². The maximum atomic E-state index is 12.9. The third kappa shape index (κ3) is 7.63. The van der Waals surface area contributed by atoms with Gasteiger partial charge in [-0.1, -0.05) is 13.3 Å². The average molecular weight is 298 g/mol. The van der Waals surface area contributed by atoms with Gasteiger partial charge in [-0.3, -0.25) is 4.79 Å². The van der Waals surface area contributed by atoms with E-state index in [0.717, 1.165) is 19.4 Å². The lowest BCUT2D eigenvalue weighted by Gasteiger charge is -2.08. The molecule has 0 aliphatic rings. The molecule has 118 valence electrons. The summed E-state index contributed by atoms with van der Waals surface area (Å²) in [7, 11) is 0. The van der Waals surface area contributed by atoms with E-state index in [1.807, 2.05) is 0 Å². The Labute approximate surface area is 124 Å². The Morgan fingerprint density at radius 3 is 2.62 bits per heavy atom. The van der Waals surface area contributed by atoms with Crippen molar-refractivity contribution in [3.05, 3.63) is 24.0 Å². The number of hydrogen-bond donors (Lipinski definition) is 2. The molecule has 1 aromatic carbocycles. The van der Waals surface area contributed by atoms with Gasteiger partial charge in [0.15, 0.2) is 0 Å². The third-order valence-electron chi connectivity index (χ3n) is 2.78. The zero-order chi connectivity index (χ0) is 15.5. The van der Waals surface area contributed by atoms with Crippen LogP contribution >= 0.6 is 0 Å². The van der Waals surface area contributed by atoms with Gasteiger partial charge in [-0.15, -0.1) is 0 Å². The van der Waals surface area contributed by atoms with Crippen molar-refractivity contribution in [2.75, 3.05) is 37.5 Å². The summed E-state index contributed by atoms with van der Waals surface area (Å²) in [6.45, 7) is 4.16. The summed E-state index contributed by atoms with van der Waals surface area (Å²) in [4.78, 5) is 11.7. The lowest BCUT2D eigenvalue weighted by molar-refractivity contribution is -0.117. The van der Waals surface area contributed by atoms with E-state index in [2.05, 4.69) is 12.2 Å². The molecule has 1 rings (SSSR count). The van der Waals surface area contributed by atoms with Crippen molar-refractivity contribution in [2.24, 2.45) is 0 Å². The van der Waals surface area contributed by atoms with E-state index in [9.17, 15) is 9.18 Å². The fourth-order valence-electron chi connectivity index (χ4n) is 1.59. The molecule has 0 spiro atoms. The van der Waals surface area contributed by atoms with Crippen molar-refractivity contribution in [3.63, 3.8) is 0 Å². The Morgan fingerprint density at radius 2 is 1.95 bits per heavy atom. The number of nitrogen functional groups attached to an aromatic ring is 1. The molecule has 0 heterocycles. The number of unbranched alkanes of at least 4 members (excludes halogenated alkanes) is 1. The predicted octanol–water partition coefficient (Wildman–Crippen LogP) is 2.57. The maximum absolute atomic E-state index is 12.9. The van der Waals surface area contributed by atoms with Gasteiger partial charge in [0.05, 0.1) is 37.6 Å². The fraction of sp³-hybridized carbons (Fsp3) is 0.533. The van der Waals surface area contributed by atoms with Crippen LogP contribution < -0.4 is 11.1 Å². The first-order chi connectivity index (χ1) is 10.1. The first-order valence-electron chi connectivity index (χ1n) is 7.14. The number of amides is 1. The number of nitrogens with one attached hydrogen (secondary N) is 1. The summed E-state index contributed by atoms with van der Waals surface area (Å²) >= 11 is 0. The van der Waals surface area contributed by atoms with Gasteiger partial charge in [-0.05, 0) is 24.6 Å². The molecule has 0 aromatic heterocycles. The predicted molar refractivity (Wildman–Crippen MR) is 80.6 cm³/mol. The fourth-order valence-corrected chi connectivity index (χ4v) is 1.59. The highest BCUT2D eigenvalue weighted by Gasteiger charge is 2.06. The van der Waals surface area contributed by atoms with Crippen LogP contribution in [0.4, 0.5) is 15.8 Å². The van der Waals surface area contributed by atoms with Crippen LogP contribution in [0.15, 0.2) is 18.2 Å². The number of hydrogen-bond acceptors (Lipinski definition) is 4. The zero-order valence-electron chi connectivity index (χ0n) is 12.4. The molecule has 0 aliphatic heterocycles. The van der Waals surface area contributed by atoms with Gasteiger partial charge in [-0.25, -0.2) is 4.39 Å². The van der Waals surface area contributed by atoms with Crippen molar-refractivity contribution in [3.8, 4) is 0 Å². The molecule has 21 heavy (non-hydrogen) atoms. The first kappa shape index (κ1) is 17.4. The van der Waals surface area contributed by atoms with Crippen molar-refractivity contribution < 1.29 is 18.7 Å². The highest BCUT2D eigenvalue weighted by molar-refractivity contribution is 5.93. The maximum Gasteiger partial charge on any atom is 0.226 e. The third-order valence-corrected chi connectivity index (χ3v) is 2.78. The highest BCUT2D eigenvalue weighted by Crippen LogP contribution is 2.19. The number of rotatable bonds is 10. The summed E-state index contributed by atoms with van der Waals surface area (Å²) in [6, 6.07) is 3.85. The Kier molecular flexibility index (Phi) is 8.38. The van der Waals surface area contributed by atoms with Crippen LogP contribution in [0.25, 0.3) is 0 Å². The molecule has 5 nitrogen and oxygen atoms in total. The van der Waals surface area contributed by atoms with Crippen LogP contribution in [0, 0.1) is 5.82 Å². The molecule has 3 N–H and O–H groups in total. The van der Waals surface area contributed by atoms with E-state index in [1.54, 1.807) is 0 Å². The quantitative estimate of drug-likeness (QED) is 0.514. The molecule has 0 atom stereocenters. The van der Waals surface area contributed by atoms with E-state index in [0.29, 0.717) is 25.5 Å². The van der Waals surface area contributed by atoms with Crippen LogP contribution in [-0.2, 0) is 14.3 Å². The molecule has 1 amide bonds. The molecule has 0 unspecified atom stereocenters. The molecule has 0 aliphatic carbocycles. The van der Waals surface area contributed by atoms with Gasteiger partial charge >= 0.3 is 0 Å². The van der Waals surface area contributed by atoms with E-state index in [-0.39, 0.29) is 18.0 Å². The Bertz CT molecular complexity index is 441. The SMILES string of the molecule is CCCCOCCOCCC(=O)Nc1ccc(F)cc1N. The second-order valence-corrected chi connectivity index (χ2v) is 4.61. The van der Waals surface area contributed by atoms with E-state index < -0.39 is 5.82 Å². The van der Waals surface area contributed by atoms with Gasteiger partial charge in [0.1, 0.15) is 5.82 Å². The van der Waals surface area contributed by atoms with E-state index in [4.69, 9.17) is 15.2 Å². The molecule has 1 aromatic rings. The summed E-state index contributed by atoms with van der Waals surface area (Å²) < 4.78 is 23.5. The zero-order valence-corrected chi connectivity index (χ0v) is 12.4. The minimum Gasteiger partial charge on any atom is -0.397 e. The lowest BCUT2D eigenvalue weighted by atomic mass is 10.2. The second kappa shape index (κ2) is 10.1. The minimum atomic E-state index is -0.433. The summed E-state index contributed by atoms with van der Waals surface area (Å²) in [6.07, 6.45) is 2.36. The van der Waals surface area contributed by atoms with Crippen molar-refractivity contribution in [1.82, 2.24) is 0 Å². The molecule has 0 bridgehead atoms. The van der Waals surface area contributed by atoms with Gasteiger partial charge in [-0.2, -0.15) is 0 Å². The molecule has 0 radical (unpaired) electrons. The Hall–Kier alpha value is -1.66. The summed E-state index contributed by atoms with van der Waals surface area (Å²) in [5.41, 5.74) is 6.21. The number of ether oxygens (including phenoxy) is 2. The molecular formula is C15H23FN2O3. The molecular weight excluding hydrogens is 275 g/mol. The monoisotopic (exact) mass is 298 g/mol. The Balaban J connectivity index is 2.11. The van der Waals surface area contributed by atoms with Crippen molar-refractivity contribution in [2.45, 2.75) is 26.2 Å². The number of anilines is 2. The van der Waals surface area contributed by atoms with E-state index >= 15 is 0 Å². The smallest absolute Gasteiger partial charge is 0.226 e. The summed E-state index contributed by atoms with van der Waals surface area (Å²) in [5.74, 6) is -0.655. The number of benzene rings is 1. The van der Waals surface area contributed by atoms with Crippen LogP contribution in [0.1, 0.15) is 26.2 Å². The molecule has 0 fully saturated rings. The van der Waals surface area contributed by atoms with Gasteiger partial charge in [0, 0.05) is 6.61 Å². The van der Waals surface area contributed by atoms with Gasteiger partial charge < -0.3 is 20.5 Å². The largest absolute Gasteiger partial charge is 0.397 e.